The molecule has 6 rings (SSSR count). The molecule has 5 aromatic carbocycles. The largest absolute Gasteiger partial charge is 0.508 e. The molecule has 1 aliphatic rings. The molecule has 0 amide bonds. The third-order valence-electron chi connectivity index (χ3n) is 7.90. The van der Waals surface area contributed by atoms with Gasteiger partial charge in [0.15, 0.2) is 6.10 Å². The summed E-state index contributed by atoms with van der Waals surface area (Å²) in [5, 5.41) is 9.89. The van der Waals surface area contributed by atoms with Crippen LogP contribution < -0.4 is 4.74 Å². The van der Waals surface area contributed by atoms with E-state index in [0.29, 0.717) is 17.9 Å². The second kappa shape index (κ2) is 16.7. The van der Waals surface area contributed by atoms with Crippen LogP contribution >= 0.6 is 0 Å². The highest BCUT2D eigenvalue weighted by molar-refractivity contribution is 5.89. The Balaban J connectivity index is 1.34. The number of aromatic hydroxyl groups is 1. The van der Waals surface area contributed by atoms with Gasteiger partial charge in [-0.1, -0.05) is 109 Å². The summed E-state index contributed by atoms with van der Waals surface area (Å²) < 4.78 is 38.6. The van der Waals surface area contributed by atoms with Crippen molar-refractivity contribution in [3.63, 3.8) is 0 Å². The molecule has 1 unspecified atom stereocenters. The van der Waals surface area contributed by atoms with Crippen LogP contribution in [-0.2, 0) is 43.5 Å². The number of hydrogen-bond donors (Lipinski definition) is 1. The topological polar surface area (TPSA) is 92.7 Å². The third kappa shape index (κ3) is 9.08. The van der Waals surface area contributed by atoms with Crippen molar-refractivity contribution in [1.29, 1.82) is 0 Å². The van der Waals surface area contributed by atoms with Gasteiger partial charge in [0.25, 0.3) is 0 Å². The smallest absolute Gasteiger partial charge is 0.338 e. The van der Waals surface area contributed by atoms with Crippen LogP contribution in [0.25, 0.3) is 0 Å². The van der Waals surface area contributed by atoms with Gasteiger partial charge in [-0.25, -0.2) is 4.79 Å². The molecule has 1 aliphatic heterocycles. The van der Waals surface area contributed by atoms with Gasteiger partial charge in [-0.3, -0.25) is 0 Å². The zero-order chi connectivity index (χ0) is 33.0. The van der Waals surface area contributed by atoms with E-state index in [1.54, 1.807) is 36.4 Å². The van der Waals surface area contributed by atoms with E-state index in [1.165, 1.54) is 12.1 Å². The Bertz CT molecular complexity index is 1670. The molecule has 1 fully saturated rings. The minimum absolute atomic E-state index is 0.0876. The van der Waals surface area contributed by atoms with Crippen molar-refractivity contribution in [2.75, 3.05) is 6.61 Å². The number of phenolic OH excluding ortho intramolecular Hbond substituents is 1. The predicted molar refractivity (Wildman–Crippen MR) is 179 cm³/mol. The maximum Gasteiger partial charge on any atom is 0.338 e. The molecule has 0 radical (unpaired) electrons. The molecule has 0 aliphatic carbocycles. The van der Waals surface area contributed by atoms with Crippen molar-refractivity contribution in [1.82, 2.24) is 0 Å². The Hall–Kier alpha value is -4.99. The van der Waals surface area contributed by atoms with Crippen molar-refractivity contribution in [2.24, 2.45) is 0 Å². The van der Waals surface area contributed by atoms with Crippen LogP contribution in [0, 0.1) is 0 Å². The molecule has 0 bridgehead atoms. The molecule has 8 nitrogen and oxygen atoms in total. The first kappa shape index (κ1) is 32.9. The minimum atomic E-state index is -1.11. The van der Waals surface area contributed by atoms with Gasteiger partial charge in [0.1, 0.15) is 29.8 Å². The van der Waals surface area contributed by atoms with Gasteiger partial charge in [0.05, 0.1) is 32.0 Å². The normalized spacial score (nSPS) is 20.5. The first-order chi connectivity index (χ1) is 23.6. The molecule has 0 aromatic heterocycles. The summed E-state index contributed by atoms with van der Waals surface area (Å²) in [7, 11) is 0. The molecule has 1 saturated heterocycles. The first-order valence-electron chi connectivity index (χ1n) is 15.9. The summed E-state index contributed by atoms with van der Waals surface area (Å²) in [6.07, 6.45) is -4.39. The Morgan fingerprint density at radius 1 is 0.583 bits per heavy atom. The van der Waals surface area contributed by atoms with Crippen molar-refractivity contribution in [2.45, 2.75) is 50.5 Å². The van der Waals surface area contributed by atoms with Crippen LogP contribution in [0.2, 0.25) is 0 Å². The maximum absolute atomic E-state index is 13.6. The Kier molecular flexibility index (Phi) is 11.5. The average Bonchev–Trinajstić information content (AvgIpc) is 3.14. The van der Waals surface area contributed by atoms with Crippen molar-refractivity contribution in [3.05, 3.63) is 168 Å². The summed E-state index contributed by atoms with van der Waals surface area (Å²) in [5.41, 5.74) is 3.28. The number of rotatable bonds is 14. The molecular weight excluding hydrogens is 608 g/mol. The van der Waals surface area contributed by atoms with E-state index in [0.717, 1.165) is 16.7 Å². The SMILES string of the molecule is O=C(O[C@H]1C(Oc2ccc(O)cc2)O[C@H](COCc2ccccc2)[C@H](OCc2ccccc2)[C@@H]1OCc1ccccc1)c1ccccc1. The Morgan fingerprint density at radius 2 is 1.08 bits per heavy atom. The van der Waals surface area contributed by atoms with Crippen LogP contribution in [0.15, 0.2) is 146 Å². The number of carbonyl (C=O) groups is 1. The first-order valence-corrected chi connectivity index (χ1v) is 15.9. The second-order valence-electron chi connectivity index (χ2n) is 11.4. The molecule has 48 heavy (non-hydrogen) atoms. The highest BCUT2D eigenvalue weighted by atomic mass is 16.7. The maximum atomic E-state index is 13.6. The monoisotopic (exact) mass is 646 g/mol. The van der Waals surface area contributed by atoms with Crippen molar-refractivity contribution >= 4 is 5.97 Å². The summed E-state index contributed by atoms with van der Waals surface area (Å²) in [4.78, 5) is 13.6. The lowest BCUT2D eigenvalue weighted by Gasteiger charge is -2.45. The lowest BCUT2D eigenvalue weighted by atomic mass is 9.97. The van der Waals surface area contributed by atoms with Gasteiger partial charge in [-0.05, 0) is 53.1 Å². The molecule has 246 valence electrons. The van der Waals surface area contributed by atoms with Crippen LogP contribution in [0.1, 0.15) is 27.0 Å². The lowest BCUT2D eigenvalue weighted by molar-refractivity contribution is -0.298. The minimum Gasteiger partial charge on any atom is -0.508 e. The molecule has 8 heteroatoms. The van der Waals surface area contributed by atoms with Gasteiger partial charge in [0.2, 0.25) is 6.29 Å². The quantitative estimate of drug-likeness (QED) is 0.128. The molecule has 0 spiro atoms. The van der Waals surface area contributed by atoms with Gasteiger partial charge >= 0.3 is 5.97 Å². The van der Waals surface area contributed by atoms with Crippen LogP contribution in [0.5, 0.6) is 11.5 Å². The molecular formula is C40H38O8. The lowest BCUT2D eigenvalue weighted by Crippen LogP contribution is -2.63. The Labute approximate surface area is 280 Å². The van der Waals surface area contributed by atoms with E-state index in [2.05, 4.69) is 0 Å². The fraction of sp³-hybridized carbons (Fsp3) is 0.225. The highest BCUT2D eigenvalue weighted by Gasteiger charge is 2.51. The van der Waals surface area contributed by atoms with Crippen LogP contribution in [-0.4, -0.2) is 48.4 Å². The standard InChI is InChI=1S/C40H38O8/c41-33-21-23-34(24-22-33)46-40-38(48-39(42)32-19-11-4-12-20-32)37(45-27-31-17-9-3-10-18-31)36(44-26-30-15-7-2-8-16-30)35(47-40)28-43-25-29-13-5-1-6-14-29/h1-24,35-38,40-41H,25-28H2/t35-,36+,37+,38-,40?/m1/s1. The van der Waals surface area contributed by atoms with Crippen molar-refractivity contribution in [3.8, 4) is 11.5 Å². The average molecular weight is 647 g/mol. The molecule has 1 heterocycles. The summed E-state index contributed by atoms with van der Waals surface area (Å²) in [6, 6.07) is 44.4. The number of ether oxygens (including phenoxy) is 6. The molecule has 0 saturated carbocycles. The fourth-order valence-electron chi connectivity index (χ4n) is 5.45. The van der Waals surface area contributed by atoms with Gasteiger partial charge in [-0.2, -0.15) is 0 Å². The summed E-state index contributed by atoms with van der Waals surface area (Å²) in [6.45, 7) is 0.990. The predicted octanol–water partition coefficient (Wildman–Crippen LogP) is 7.11. The second-order valence-corrected chi connectivity index (χ2v) is 11.4. The Morgan fingerprint density at radius 3 is 1.65 bits per heavy atom. The van der Waals surface area contributed by atoms with Crippen molar-refractivity contribution < 1.29 is 38.3 Å². The fourth-order valence-corrected chi connectivity index (χ4v) is 5.45. The zero-order valence-corrected chi connectivity index (χ0v) is 26.4. The molecule has 5 aromatic rings. The van der Waals surface area contributed by atoms with E-state index in [-0.39, 0.29) is 25.6 Å². The third-order valence-corrected chi connectivity index (χ3v) is 7.90. The molecule has 5 atom stereocenters. The van der Waals surface area contributed by atoms with Crippen LogP contribution in [0.3, 0.4) is 0 Å². The van der Waals surface area contributed by atoms with E-state index >= 15 is 0 Å². The summed E-state index contributed by atoms with van der Waals surface area (Å²) >= 11 is 0. The van der Waals surface area contributed by atoms with Gasteiger partial charge in [-0.15, -0.1) is 0 Å². The number of phenols is 1. The van der Waals surface area contributed by atoms with E-state index in [1.807, 2.05) is 97.1 Å². The number of carbonyl (C=O) groups excluding carboxylic acids is 1. The highest BCUT2D eigenvalue weighted by Crippen LogP contribution is 2.33. The zero-order valence-electron chi connectivity index (χ0n) is 26.4. The van der Waals surface area contributed by atoms with E-state index in [9.17, 15) is 9.90 Å². The number of benzene rings is 5. The number of hydrogen-bond acceptors (Lipinski definition) is 8. The summed E-state index contributed by atoms with van der Waals surface area (Å²) in [5.74, 6) is -0.0602. The molecule has 1 N–H and O–H groups in total. The van der Waals surface area contributed by atoms with E-state index in [4.69, 9.17) is 28.4 Å². The van der Waals surface area contributed by atoms with Gasteiger partial charge < -0.3 is 33.5 Å². The van der Waals surface area contributed by atoms with Gasteiger partial charge in [0, 0.05) is 0 Å². The van der Waals surface area contributed by atoms with E-state index < -0.39 is 36.7 Å². The van der Waals surface area contributed by atoms with Crippen LogP contribution in [0.4, 0.5) is 0 Å². The number of esters is 1.